The van der Waals surface area contributed by atoms with E-state index in [9.17, 15) is 9.59 Å². The molecule has 0 aromatic heterocycles. The first-order chi connectivity index (χ1) is 14.7. The summed E-state index contributed by atoms with van der Waals surface area (Å²) in [7, 11) is 0. The molecule has 30 heavy (non-hydrogen) atoms. The molecule has 0 spiro atoms. The first-order valence-corrected chi connectivity index (χ1v) is 9.92. The summed E-state index contributed by atoms with van der Waals surface area (Å²) in [6.45, 7) is 2.77. The number of carbonyl (C=O) groups is 2. The number of carbonyl (C=O) groups excluding carboxylic acids is 2. The van der Waals surface area contributed by atoms with E-state index in [1.54, 1.807) is 42.5 Å². The lowest BCUT2D eigenvalue weighted by molar-refractivity contribution is 0.0507. The number of hydrogen-bond acceptors (Lipinski definition) is 5. The van der Waals surface area contributed by atoms with Crippen molar-refractivity contribution in [1.29, 1.82) is 0 Å². The van der Waals surface area contributed by atoms with Gasteiger partial charge in [0.1, 0.15) is 17.1 Å². The lowest BCUT2D eigenvalue weighted by atomic mass is 10.2. The summed E-state index contributed by atoms with van der Waals surface area (Å²) < 4.78 is 16.4. The number of para-hydroxylation sites is 1. The second-order valence-electron chi connectivity index (χ2n) is 6.63. The van der Waals surface area contributed by atoms with Crippen molar-refractivity contribution in [3.05, 3.63) is 95.6 Å². The lowest BCUT2D eigenvalue weighted by Crippen LogP contribution is -2.12. The molecular weight excluding hydrogens is 380 g/mol. The Morgan fingerprint density at radius 3 is 2.37 bits per heavy atom. The summed E-state index contributed by atoms with van der Waals surface area (Å²) in [4.78, 5) is 24.9. The minimum Gasteiger partial charge on any atom is -0.493 e. The quantitative estimate of drug-likeness (QED) is 0.367. The van der Waals surface area contributed by atoms with Gasteiger partial charge in [-0.05, 0) is 42.3 Å². The molecule has 154 valence electrons. The van der Waals surface area contributed by atoms with Crippen LogP contribution < -0.4 is 9.47 Å². The van der Waals surface area contributed by atoms with Crippen molar-refractivity contribution in [2.24, 2.45) is 0 Å². The molecule has 3 rings (SSSR count). The van der Waals surface area contributed by atoms with Crippen LogP contribution in [0.5, 0.6) is 11.5 Å². The van der Waals surface area contributed by atoms with Gasteiger partial charge in [-0.2, -0.15) is 0 Å². The second-order valence-corrected chi connectivity index (χ2v) is 6.63. The summed E-state index contributed by atoms with van der Waals surface area (Å²) in [5.74, 6) is -0.268. The van der Waals surface area contributed by atoms with Crippen LogP contribution in [0.1, 0.15) is 39.6 Å². The number of benzene rings is 3. The van der Waals surface area contributed by atoms with Gasteiger partial charge in [0.25, 0.3) is 0 Å². The van der Waals surface area contributed by atoms with E-state index in [4.69, 9.17) is 14.2 Å². The molecule has 0 heterocycles. The summed E-state index contributed by atoms with van der Waals surface area (Å²) in [6.07, 6.45) is 1.47. The Balaban J connectivity index is 1.61. The highest BCUT2D eigenvalue weighted by atomic mass is 16.5. The van der Waals surface area contributed by atoms with E-state index in [1.807, 2.05) is 37.3 Å². The summed E-state index contributed by atoms with van der Waals surface area (Å²) in [6, 6.07) is 23.1. The third kappa shape index (κ3) is 5.95. The summed E-state index contributed by atoms with van der Waals surface area (Å²) in [5.41, 5.74) is 1.75. The van der Waals surface area contributed by atoms with Crippen molar-refractivity contribution in [1.82, 2.24) is 0 Å². The maximum atomic E-state index is 12.6. The molecule has 0 radical (unpaired) electrons. The smallest absolute Gasteiger partial charge is 0.347 e. The van der Waals surface area contributed by atoms with Gasteiger partial charge in [-0.15, -0.1) is 0 Å². The molecule has 0 saturated carbocycles. The Morgan fingerprint density at radius 2 is 1.57 bits per heavy atom. The monoisotopic (exact) mass is 404 g/mol. The van der Waals surface area contributed by atoms with E-state index in [1.165, 1.54) is 6.07 Å². The highest BCUT2D eigenvalue weighted by Gasteiger charge is 2.16. The molecule has 0 aliphatic carbocycles. The number of rotatable bonds is 9. The fourth-order valence-electron chi connectivity index (χ4n) is 2.81. The molecule has 0 fully saturated rings. The van der Waals surface area contributed by atoms with Crippen LogP contribution in [0.3, 0.4) is 0 Å². The maximum Gasteiger partial charge on any atom is 0.347 e. The molecule has 0 amide bonds. The van der Waals surface area contributed by atoms with E-state index < -0.39 is 11.9 Å². The van der Waals surface area contributed by atoms with Gasteiger partial charge in [-0.1, -0.05) is 55.5 Å². The molecule has 0 bridgehead atoms. The standard InChI is InChI=1S/C25H24O5/c1-2-16-28-23-14-7-6-13-22(23)25(27)30-21-12-8-11-20(18-21)24(26)29-17-15-19-9-4-3-5-10-19/h3-14,18H,2,15-17H2,1H3. The Labute approximate surface area is 176 Å². The van der Waals surface area contributed by atoms with Crippen LogP contribution in [-0.2, 0) is 11.2 Å². The van der Waals surface area contributed by atoms with Gasteiger partial charge in [-0.25, -0.2) is 9.59 Å². The minimum absolute atomic E-state index is 0.266. The van der Waals surface area contributed by atoms with Crippen LogP contribution in [-0.4, -0.2) is 25.2 Å². The van der Waals surface area contributed by atoms with E-state index in [2.05, 4.69) is 0 Å². The van der Waals surface area contributed by atoms with E-state index in [0.717, 1.165) is 12.0 Å². The molecule has 3 aromatic rings. The fourth-order valence-corrected chi connectivity index (χ4v) is 2.81. The van der Waals surface area contributed by atoms with E-state index in [0.29, 0.717) is 29.9 Å². The zero-order valence-electron chi connectivity index (χ0n) is 16.9. The molecule has 0 aliphatic rings. The zero-order valence-corrected chi connectivity index (χ0v) is 16.9. The van der Waals surface area contributed by atoms with Crippen LogP contribution in [0.2, 0.25) is 0 Å². The van der Waals surface area contributed by atoms with E-state index >= 15 is 0 Å². The predicted octanol–water partition coefficient (Wildman–Crippen LogP) is 5.09. The molecule has 5 nitrogen and oxygen atoms in total. The van der Waals surface area contributed by atoms with Gasteiger partial charge in [0, 0.05) is 6.42 Å². The number of hydrogen-bond donors (Lipinski definition) is 0. The van der Waals surface area contributed by atoms with Crippen LogP contribution >= 0.6 is 0 Å². The van der Waals surface area contributed by atoms with Gasteiger partial charge in [0.15, 0.2) is 0 Å². The maximum absolute atomic E-state index is 12.6. The van der Waals surface area contributed by atoms with Gasteiger partial charge in [-0.3, -0.25) is 0 Å². The molecule has 0 saturated heterocycles. The second kappa shape index (κ2) is 10.8. The third-order valence-corrected chi connectivity index (χ3v) is 4.32. The fraction of sp³-hybridized carbons (Fsp3) is 0.200. The highest BCUT2D eigenvalue weighted by Crippen LogP contribution is 2.22. The van der Waals surface area contributed by atoms with Crippen molar-refractivity contribution < 1.29 is 23.8 Å². The Bertz CT molecular complexity index is 982. The first-order valence-electron chi connectivity index (χ1n) is 9.92. The Hall–Kier alpha value is -3.60. The van der Waals surface area contributed by atoms with Gasteiger partial charge in [0.05, 0.1) is 18.8 Å². The molecule has 0 unspecified atom stereocenters. The Morgan fingerprint density at radius 1 is 0.800 bits per heavy atom. The first kappa shape index (κ1) is 21.1. The minimum atomic E-state index is -0.545. The van der Waals surface area contributed by atoms with Crippen LogP contribution in [0.15, 0.2) is 78.9 Å². The third-order valence-electron chi connectivity index (χ3n) is 4.32. The summed E-state index contributed by atoms with van der Waals surface area (Å²) >= 11 is 0. The SMILES string of the molecule is CCCOc1ccccc1C(=O)Oc1cccc(C(=O)OCCc2ccccc2)c1. The van der Waals surface area contributed by atoms with Gasteiger partial charge >= 0.3 is 11.9 Å². The largest absolute Gasteiger partial charge is 0.493 e. The van der Waals surface area contributed by atoms with Crippen LogP contribution in [0.25, 0.3) is 0 Å². The number of ether oxygens (including phenoxy) is 3. The average Bonchev–Trinajstić information content (AvgIpc) is 2.78. The topological polar surface area (TPSA) is 61.8 Å². The highest BCUT2D eigenvalue weighted by molar-refractivity contribution is 5.94. The van der Waals surface area contributed by atoms with Crippen molar-refractivity contribution in [3.8, 4) is 11.5 Å². The predicted molar refractivity (Wildman–Crippen MR) is 114 cm³/mol. The molecule has 0 aliphatic heterocycles. The van der Waals surface area contributed by atoms with Crippen molar-refractivity contribution in [2.45, 2.75) is 19.8 Å². The number of esters is 2. The average molecular weight is 404 g/mol. The van der Waals surface area contributed by atoms with Crippen LogP contribution in [0, 0.1) is 0 Å². The van der Waals surface area contributed by atoms with Crippen molar-refractivity contribution in [2.75, 3.05) is 13.2 Å². The molecule has 5 heteroatoms. The molecular formula is C25H24O5. The van der Waals surface area contributed by atoms with Crippen molar-refractivity contribution >= 4 is 11.9 Å². The molecule has 0 N–H and O–H groups in total. The van der Waals surface area contributed by atoms with Gasteiger partial charge in [0.2, 0.25) is 0 Å². The normalized spacial score (nSPS) is 10.3. The van der Waals surface area contributed by atoms with E-state index in [-0.39, 0.29) is 12.4 Å². The summed E-state index contributed by atoms with van der Waals surface area (Å²) in [5, 5.41) is 0. The Kier molecular flexibility index (Phi) is 7.61. The van der Waals surface area contributed by atoms with Crippen LogP contribution in [0.4, 0.5) is 0 Å². The molecule has 3 aromatic carbocycles. The zero-order chi connectivity index (χ0) is 21.2. The van der Waals surface area contributed by atoms with Gasteiger partial charge < -0.3 is 14.2 Å². The lowest BCUT2D eigenvalue weighted by Gasteiger charge is -2.11. The van der Waals surface area contributed by atoms with Crippen molar-refractivity contribution in [3.63, 3.8) is 0 Å². The molecule has 0 atom stereocenters.